The van der Waals surface area contributed by atoms with Crippen molar-refractivity contribution in [1.29, 1.82) is 0 Å². The van der Waals surface area contributed by atoms with Gasteiger partial charge in [-0.2, -0.15) is 0 Å². The normalized spacial score (nSPS) is 22.4. The molecule has 1 saturated carbocycles. The van der Waals surface area contributed by atoms with Gasteiger partial charge in [-0.25, -0.2) is 4.98 Å². The predicted molar refractivity (Wildman–Crippen MR) is 97.0 cm³/mol. The van der Waals surface area contributed by atoms with Crippen molar-refractivity contribution < 1.29 is 0 Å². The molecule has 1 aliphatic carbocycles. The molecule has 3 rings (SSSR count). The van der Waals surface area contributed by atoms with Crippen molar-refractivity contribution in [2.24, 2.45) is 16.8 Å². The fraction of sp³-hybridized carbons (Fsp3) is 0.647. The van der Waals surface area contributed by atoms with Crippen molar-refractivity contribution in [3.8, 4) is 0 Å². The highest BCUT2D eigenvalue weighted by atomic mass is 32.1. The van der Waals surface area contributed by atoms with Gasteiger partial charge in [-0.05, 0) is 24.7 Å². The summed E-state index contributed by atoms with van der Waals surface area (Å²) in [4.78, 5) is 9.92. The number of aromatic nitrogens is 2. The second kappa shape index (κ2) is 7.81. The Bertz CT molecular complexity index is 616. The standard InChI is InChI=1S/C17H27N5S/c1-13-4-3-5-14(10-13)6-7-19-16(18-2)20-11-15-12-22-8-9-23-17(22)21-15/h8-9,12-14H,3-7,10-11H2,1-2H3,(H2,18,19,20). The lowest BCUT2D eigenvalue weighted by Gasteiger charge is -2.26. The lowest BCUT2D eigenvalue weighted by atomic mass is 9.81. The van der Waals surface area contributed by atoms with Gasteiger partial charge in [-0.3, -0.25) is 9.39 Å². The van der Waals surface area contributed by atoms with Crippen molar-refractivity contribution in [1.82, 2.24) is 20.0 Å². The minimum Gasteiger partial charge on any atom is -0.356 e. The molecule has 2 unspecified atom stereocenters. The Balaban J connectivity index is 1.40. The first-order valence-corrected chi connectivity index (χ1v) is 9.48. The third kappa shape index (κ3) is 4.47. The minimum atomic E-state index is 0.703. The Kier molecular flexibility index (Phi) is 5.54. The van der Waals surface area contributed by atoms with Gasteiger partial charge in [0.05, 0.1) is 12.2 Å². The number of thiazole rings is 1. The summed E-state index contributed by atoms with van der Waals surface area (Å²) in [6, 6.07) is 0. The molecule has 1 fully saturated rings. The zero-order chi connectivity index (χ0) is 16.1. The minimum absolute atomic E-state index is 0.703. The highest BCUT2D eigenvalue weighted by Gasteiger charge is 2.18. The monoisotopic (exact) mass is 333 g/mol. The van der Waals surface area contributed by atoms with Gasteiger partial charge >= 0.3 is 0 Å². The van der Waals surface area contributed by atoms with E-state index in [1.807, 2.05) is 18.6 Å². The third-order valence-electron chi connectivity index (χ3n) is 4.69. The first-order valence-electron chi connectivity index (χ1n) is 8.60. The Hall–Kier alpha value is -1.56. The summed E-state index contributed by atoms with van der Waals surface area (Å²) in [7, 11) is 1.82. The van der Waals surface area contributed by atoms with E-state index in [1.165, 1.54) is 32.1 Å². The Morgan fingerprint density at radius 2 is 2.35 bits per heavy atom. The second-order valence-corrected chi connectivity index (χ2v) is 7.48. The molecule has 2 heterocycles. The van der Waals surface area contributed by atoms with E-state index in [2.05, 4.69) is 38.1 Å². The molecular formula is C17H27N5S. The van der Waals surface area contributed by atoms with Crippen LogP contribution in [-0.2, 0) is 6.54 Å². The fourth-order valence-corrected chi connectivity index (χ4v) is 4.19. The average molecular weight is 334 g/mol. The van der Waals surface area contributed by atoms with E-state index < -0.39 is 0 Å². The van der Waals surface area contributed by atoms with Crippen molar-refractivity contribution >= 4 is 22.3 Å². The van der Waals surface area contributed by atoms with Gasteiger partial charge in [0.1, 0.15) is 0 Å². The van der Waals surface area contributed by atoms with Crippen LogP contribution in [0.5, 0.6) is 0 Å². The topological polar surface area (TPSA) is 53.7 Å². The van der Waals surface area contributed by atoms with E-state index in [-0.39, 0.29) is 0 Å². The van der Waals surface area contributed by atoms with Crippen molar-refractivity contribution in [3.63, 3.8) is 0 Å². The molecule has 126 valence electrons. The van der Waals surface area contributed by atoms with Crippen LogP contribution < -0.4 is 10.6 Å². The summed E-state index contributed by atoms with van der Waals surface area (Å²) in [6.45, 7) is 4.08. The van der Waals surface area contributed by atoms with Crippen LogP contribution in [0, 0.1) is 11.8 Å². The van der Waals surface area contributed by atoms with Gasteiger partial charge in [0.25, 0.3) is 0 Å². The zero-order valence-corrected chi connectivity index (χ0v) is 14.9. The molecule has 5 nitrogen and oxygen atoms in total. The molecule has 2 aromatic rings. The van der Waals surface area contributed by atoms with E-state index in [0.29, 0.717) is 6.54 Å². The molecule has 0 spiro atoms. The molecule has 0 saturated heterocycles. The van der Waals surface area contributed by atoms with Crippen LogP contribution in [0.3, 0.4) is 0 Å². The van der Waals surface area contributed by atoms with Gasteiger partial charge in [0.2, 0.25) is 0 Å². The third-order valence-corrected chi connectivity index (χ3v) is 5.46. The highest BCUT2D eigenvalue weighted by molar-refractivity contribution is 7.15. The van der Waals surface area contributed by atoms with Crippen molar-refractivity contribution in [2.75, 3.05) is 13.6 Å². The second-order valence-electron chi connectivity index (χ2n) is 6.60. The van der Waals surface area contributed by atoms with Gasteiger partial charge in [0, 0.05) is 31.4 Å². The van der Waals surface area contributed by atoms with Crippen LogP contribution in [0.4, 0.5) is 0 Å². The SMILES string of the molecule is CN=C(NCCC1CCCC(C)C1)NCc1cn2ccsc2n1. The molecule has 2 atom stereocenters. The summed E-state index contributed by atoms with van der Waals surface area (Å²) in [5, 5.41) is 8.83. The number of guanidine groups is 1. The summed E-state index contributed by atoms with van der Waals surface area (Å²) < 4.78 is 2.06. The quantitative estimate of drug-likeness (QED) is 0.652. The van der Waals surface area contributed by atoms with Gasteiger partial charge in [0.15, 0.2) is 10.9 Å². The summed E-state index contributed by atoms with van der Waals surface area (Å²) >= 11 is 1.66. The molecule has 0 aliphatic heterocycles. The fourth-order valence-electron chi connectivity index (χ4n) is 3.47. The summed E-state index contributed by atoms with van der Waals surface area (Å²) in [5.74, 6) is 2.65. The Morgan fingerprint density at radius 1 is 1.43 bits per heavy atom. The predicted octanol–water partition coefficient (Wildman–Crippen LogP) is 3.28. The molecular weight excluding hydrogens is 306 g/mol. The number of fused-ring (bicyclic) bond motifs is 1. The van der Waals surface area contributed by atoms with Crippen LogP contribution >= 0.6 is 11.3 Å². The van der Waals surface area contributed by atoms with Crippen molar-refractivity contribution in [3.05, 3.63) is 23.5 Å². The van der Waals surface area contributed by atoms with Gasteiger partial charge in [-0.1, -0.05) is 26.2 Å². The van der Waals surface area contributed by atoms with Crippen LogP contribution in [-0.4, -0.2) is 28.9 Å². The number of hydrogen-bond acceptors (Lipinski definition) is 3. The molecule has 0 aromatic carbocycles. The van der Waals surface area contributed by atoms with E-state index in [1.54, 1.807) is 11.3 Å². The average Bonchev–Trinajstić information content (AvgIpc) is 3.12. The number of nitrogens with one attached hydrogen (secondary N) is 2. The lowest BCUT2D eigenvalue weighted by Crippen LogP contribution is -2.38. The number of hydrogen-bond donors (Lipinski definition) is 2. The molecule has 0 bridgehead atoms. The largest absolute Gasteiger partial charge is 0.356 e. The van der Waals surface area contributed by atoms with Crippen LogP contribution in [0.25, 0.3) is 4.96 Å². The molecule has 23 heavy (non-hydrogen) atoms. The molecule has 2 N–H and O–H groups in total. The number of rotatable bonds is 5. The molecule has 2 aromatic heterocycles. The summed E-state index contributed by atoms with van der Waals surface area (Å²) in [5.41, 5.74) is 1.04. The number of imidazole rings is 1. The Labute approximate surface area is 142 Å². The van der Waals surface area contributed by atoms with E-state index >= 15 is 0 Å². The first kappa shape index (κ1) is 16.3. The van der Waals surface area contributed by atoms with E-state index in [4.69, 9.17) is 0 Å². The molecule has 1 aliphatic rings. The number of nitrogens with zero attached hydrogens (tertiary/aromatic N) is 3. The van der Waals surface area contributed by atoms with Crippen molar-refractivity contribution in [2.45, 2.75) is 45.6 Å². The first-order chi connectivity index (χ1) is 11.2. The van der Waals surface area contributed by atoms with E-state index in [9.17, 15) is 0 Å². The zero-order valence-electron chi connectivity index (χ0n) is 14.1. The molecule has 0 amide bonds. The number of aliphatic imine (C=N–C) groups is 1. The maximum Gasteiger partial charge on any atom is 0.193 e. The summed E-state index contributed by atoms with van der Waals surface area (Å²) in [6.07, 6.45) is 10.9. The Morgan fingerprint density at radius 3 is 3.13 bits per heavy atom. The molecule has 0 radical (unpaired) electrons. The lowest BCUT2D eigenvalue weighted by molar-refractivity contribution is 0.270. The highest BCUT2D eigenvalue weighted by Crippen LogP contribution is 2.30. The maximum absolute atomic E-state index is 4.58. The van der Waals surface area contributed by atoms with Gasteiger partial charge in [-0.15, -0.1) is 11.3 Å². The van der Waals surface area contributed by atoms with Crippen LogP contribution in [0.15, 0.2) is 22.8 Å². The maximum atomic E-state index is 4.58. The smallest absolute Gasteiger partial charge is 0.193 e. The van der Waals surface area contributed by atoms with E-state index in [0.717, 1.165) is 35.0 Å². The molecule has 6 heteroatoms. The van der Waals surface area contributed by atoms with Crippen LogP contribution in [0.2, 0.25) is 0 Å². The van der Waals surface area contributed by atoms with Crippen LogP contribution in [0.1, 0.15) is 44.7 Å². The van der Waals surface area contributed by atoms with Gasteiger partial charge < -0.3 is 10.6 Å².